The molecule has 3 heteroatoms. The predicted octanol–water partition coefficient (Wildman–Crippen LogP) is 3.25. The fourth-order valence-electron chi connectivity index (χ4n) is 0.498. The van der Waals surface area contributed by atoms with Gasteiger partial charge in [-0.3, -0.25) is 0 Å². The summed E-state index contributed by atoms with van der Waals surface area (Å²) >= 11 is 0. The molecule has 0 unspecified atom stereocenters. The molecule has 0 aliphatic carbocycles. The second-order valence-electron chi connectivity index (χ2n) is 4.12. The van der Waals surface area contributed by atoms with Gasteiger partial charge in [-0.15, -0.1) is 0 Å². The highest BCUT2D eigenvalue weighted by Gasteiger charge is 2.17. The number of hydrogen-bond acceptors (Lipinski definition) is 3. The molecule has 0 heterocycles. The first kappa shape index (κ1) is 12.0. The Morgan fingerprint density at radius 2 is 1.54 bits per heavy atom. The maximum atomic E-state index is 11.1. The first-order chi connectivity index (χ1) is 5.72. The van der Waals surface area contributed by atoms with Crippen LogP contribution in [0.15, 0.2) is 11.3 Å². The first-order valence-corrected chi connectivity index (χ1v) is 4.27. The highest BCUT2D eigenvalue weighted by Crippen LogP contribution is 2.11. The minimum Gasteiger partial charge on any atom is -0.428 e. The van der Waals surface area contributed by atoms with Crippen molar-refractivity contribution in [3.63, 3.8) is 0 Å². The van der Waals surface area contributed by atoms with Crippen LogP contribution in [0.3, 0.4) is 0 Å². The zero-order chi connectivity index (χ0) is 10.6. The third kappa shape index (κ3) is 6.20. The van der Waals surface area contributed by atoms with Gasteiger partial charge in [-0.05, 0) is 47.1 Å². The molecule has 3 nitrogen and oxygen atoms in total. The standard InChI is InChI=1S/C10H18O3/c1-7(2)8(3)12-9(11)13-10(4,5)6/h1-6H3. The van der Waals surface area contributed by atoms with E-state index in [0.717, 1.165) is 5.57 Å². The van der Waals surface area contributed by atoms with E-state index in [-0.39, 0.29) is 0 Å². The number of carbonyl (C=O) groups excluding carboxylic acids is 1. The second-order valence-corrected chi connectivity index (χ2v) is 4.12. The van der Waals surface area contributed by atoms with Crippen LogP contribution in [0, 0.1) is 0 Å². The molecule has 0 atom stereocenters. The molecule has 0 N–H and O–H groups in total. The van der Waals surface area contributed by atoms with Gasteiger partial charge in [0.15, 0.2) is 0 Å². The summed E-state index contributed by atoms with van der Waals surface area (Å²) in [5.41, 5.74) is 0.463. The average Bonchev–Trinajstić information content (AvgIpc) is 1.81. The SMILES string of the molecule is CC(C)=C(C)OC(=O)OC(C)(C)C. The Hall–Kier alpha value is -0.990. The van der Waals surface area contributed by atoms with Crippen LogP contribution in [-0.4, -0.2) is 11.8 Å². The minimum atomic E-state index is -0.647. The van der Waals surface area contributed by atoms with Crippen LogP contribution in [0.5, 0.6) is 0 Å². The van der Waals surface area contributed by atoms with Gasteiger partial charge in [-0.2, -0.15) is 0 Å². The normalized spacial score (nSPS) is 10.6. The molecule has 76 valence electrons. The van der Waals surface area contributed by atoms with Crippen LogP contribution in [0.1, 0.15) is 41.5 Å². The number of rotatable bonds is 1. The Morgan fingerprint density at radius 1 is 1.08 bits per heavy atom. The van der Waals surface area contributed by atoms with Gasteiger partial charge in [0.2, 0.25) is 0 Å². The summed E-state index contributed by atoms with van der Waals surface area (Å²) < 4.78 is 9.87. The monoisotopic (exact) mass is 186 g/mol. The number of carbonyl (C=O) groups is 1. The first-order valence-electron chi connectivity index (χ1n) is 4.27. The lowest BCUT2D eigenvalue weighted by atomic mass is 10.2. The lowest BCUT2D eigenvalue weighted by Gasteiger charge is -2.19. The quantitative estimate of drug-likeness (QED) is 0.465. The van der Waals surface area contributed by atoms with Crippen molar-refractivity contribution in [3.8, 4) is 0 Å². The van der Waals surface area contributed by atoms with E-state index in [4.69, 9.17) is 9.47 Å². The third-order valence-electron chi connectivity index (χ3n) is 1.33. The molecule has 13 heavy (non-hydrogen) atoms. The van der Waals surface area contributed by atoms with Gasteiger partial charge >= 0.3 is 6.16 Å². The van der Waals surface area contributed by atoms with Gasteiger partial charge in [-0.1, -0.05) is 0 Å². The maximum Gasteiger partial charge on any atom is 0.514 e. The summed E-state index contributed by atoms with van der Waals surface area (Å²) in [6.07, 6.45) is -0.647. The molecule has 0 aromatic heterocycles. The van der Waals surface area contributed by atoms with Crippen LogP contribution in [-0.2, 0) is 9.47 Å². The highest BCUT2D eigenvalue weighted by molar-refractivity contribution is 5.62. The van der Waals surface area contributed by atoms with Crippen LogP contribution in [0.2, 0.25) is 0 Å². The number of ether oxygens (including phenoxy) is 2. The maximum absolute atomic E-state index is 11.1. The zero-order valence-corrected chi connectivity index (χ0v) is 9.22. The van der Waals surface area contributed by atoms with E-state index in [1.807, 2.05) is 13.8 Å². The van der Waals surface area contributed by atoms with Gasteiger partial charge in [-0.25, -0.2) is 4.79 Å². The lowest BCUT2D eigenvalue weighted by Crippen LogP contribution is -2.24. The molecule has 0 aliphatic heterocycles. The van der Waals surface area contributed by atoms with Gasteiger partial charge < -0.3 is 9.47 Å². The molecule has 0 rings (SSSR count). The van der Waals surface area contributed by atoms with E-state index in [1.165, 1.54) is 0 Å². The van der Waals surface area contributed by atoms with Crippen molar-refractivity contribution in [1.29, 1.82) is 0 Å². The third-order valence-corrected chi connectivity index (χ3v) is 1.33. The summed E-state index contributed by atoms with van der Waals surface area (Å²) in [6.45, 7) is 10.9. The van der Waals surface area contributed by atoms with Crippen LogP contribution >= 0.6 is 0 Å². The van der Waals surface area contributed by atoms with Crippen molar-refractivity contribution in [1.82, 2.24) is 0 Å². The largest absolute Gasteiger partial charge is 0.514 e. The van der Waals surface area contributed by atoms with Gasteiger partial charge in [0, 0.05) is 0 Å². The van der Waals surface area contributed by atoms with E-state index in [9.17, 15) is 4.79 Å². The second kappa shape index (κ2) is 4.30. The number of allylic oxidation sites excluding steroid dienone is 2. The van der Waals surface area contributed by atoms with Crippen molar-refractivity contribution in [3.05, 3.63) is 11.3 Å². The average molecular weight is 186 g/mol. The summed E-state index contributed by atoms with van der Waals surface area (Å²) in [5, 5.41) is 0. The van der Waals surface area contributed by atoms with Crippen molar-refractivity contribution >= 4 is 6.16 Å². The molecule has 0 amide bonds. The van der Waals surface area contributed by atoms with Crippen molar-refractivity contribution in [2.24, 2.45) is 0 Å². The molecule has 0 spiro atoms. The summed E-state index contributed by atoms with van der Waals surface area (Å²) in [7, 11) is 0. The van der Waals surface area contributed by atoms with Crippen LogP contribution in [0.4, 0.5) is 4.79 Å². The fourth-order valence-corrected chi connectivity index (χ4v) is 0.498. The van der Waals surface area contributed by atoms with Gasteiger partial charge in [0.1, 0.15) is 11.4 Å². The van der Waals surface area contributed by atoms with E-state index >= 15 is 0 Å². The smallest absolute Gasteiger partial charge is 0.428 e. The molecular weight excluding hydrogens is 168 g/mol. The van der Waals surface area contributed by atoms with E-state index < -0.39 is 11.8 Å². The van der Waals surface area contributed by atoms with Crippen molar-refractivity contribution < 1.29 is 14.3 Å². The Bertz CT molecular complexity index is 217. The Morgan fingerprint density at radius 3 is 1.85 bits per heavy atom. The Labute approximate surface area is 79.7 Å². The zero-order valence-electron chi connectivity index (χ0n) is 9.22. The van der Waals surface area contributed by atoms with E-state index in [1.54, 1.807) is 27.7 Å². The molecule has 0 saturated heterocycles. The molecule has 0 aromatic rings. The summed E-state index contributed by atoms with van der Waals surface area (Å²) in [5.74, 6) is 0.592. The van der Waals surface area contributed by atoms with Crippen molar-refractivity contribution in [2.45, 2.75) is 47.1 Å². The molecule has 0 aromatic carbocycles. The molecule has 0 fully saturated rings. The van der Waals surface area contributed by atoms with Gasteiger partial charge in [0.25, 0.3) is 0 Å². The van der Waals surface area contributed by atoms with Gasteiger partial charge in [0.05, 0.1) is 0 Å². The van der Waals surface area contributed by atoms with E-state index in [2.05, 4.69) is 0 Å². The Kier molecular flexibility index (Phi) is 3.98. The fraction of sp³-hybridized carbons (Fsp3) is 0.700. The summed E-state index contributed by atoms with van der Waals surface area (Å²) in [4.78, 5) is 11.1. The lowest BCUT2D eigenvalue weighted by molar-refractivity contribution is 0.00622. The number of hydrogen-bond donors (Lipinski definition) is 0. The molecule has 0 bridgehead atoms. The highest BCUT2D eigenvalue weighted by atomic mass is 16.7. The Balaban J connectivity index is 4.12. The topological polar surface area (TPSA) is 35.5 Å². The van der Waals surface area contributed by atoms with Crippen molar-refractivity contribution in [2.75, 3.05) is 0 Å². The molecule has 0 radical (unpaired) electrons. The molecular formula is C10H18O3. The van der Waals surface area contributed by atoms with Crippen LogP contribution < -0.4 is 0 Å². The summed E-state index contributed by atoms with van der Waals surface area (Å²) in [6, 6.07) is 0. The minimum absolute atomic E-state index is 0.501. The van der Waals surface area contributed by atoms with E-state index in [0.29, 0.717) is 5.76 Å². The molecule has 0 saturated carbocycles. The molecule has 0 aliphatic rings. The van der Waals surface area contributed by atoms with Crippen LogP contribution in [0.25, 0.3) is 0 Å². The predicted molar refractivity (Wildman–Crippen MR) is 51.4 cm³/mol.